The number of hydrogen-bond acceptors (Lipinski definition) is 5. The van der Waals surface area contributed by atoms with Crippen molar-refractivity contribution in [1.29, 1.82) is 0 Å². The minimum Gasteiger partial charge on any atom is -0.345 e. The molecule has 2 atom stereocenters. The van der Waals surface area contributed by atoms with Crippen molar-refractivity contribution in [2.45, 2.75) is 39.4 Å². The van der Waals surface area contributed by atoms with Crippen molar-refractivity contribution in [3.8, 4) is 0 Å². The van der Waals surface area contributed by atoms with Crippen molar-refractivity contribution in [3.05, 3.63) is 0 Å². The van der Waals surface area contributed by atoms with Crippen molar-refractivity contribution in [3.63, 3.8) is 0 Å². The fourth-order valence-electron chi connectivity index (χ4n) is 0.883. The van der Waals surface area contributed by atoms with E-state index in [-0.39, 0.29) is 24.9 Å². The van der Waals surface area contributed by atoms with Crippen molar-refractivity contribution in [2.75, 3.05) is 13.3 Å². The summed E-state index contributed by atoms with van der Waals surface area (Å²) in [5.74, 6) is -0.176. The van der Waals surface area contributed by atoms with Gasteiger partial charge in [0.25, 0.3) is 0 Å². The van der Waals surface area contributed by atoms with Gasteiger partial charge in [-0.15, -0.1) is 0 Å². The van der Waals surface area contributed by atoms with Crippen LogP contribution in [0.2, 0.25) is 0 Å². The Morgan fingerprint density at radius 2 is 1.60 bits per heavy atom. The third-order valence-electron chi connectivity index (χ3n) is 2.09. The Kier molecular flexibility index (Phi) is 7.11. The highest BCUT2D eigenvalue weighted by atomic mass is 16.7. The van der Waals surface area contributed by atoms with Gasteiger partial charge in [-0.25, -0.2) is 0 Å². The van der Waals surface area contributed by atoms with Crippen LogP contribution < -0.4 is 5.73 Å². The number of Topliss-reactive ketones (excluding diaryl/α,β-unsaturated/α-hetero) is 2. The Balaban J connectivity index is 3.70. The summed E-state index contributed by atoms with van der Waals surface area (Å²) < 4.78 is 10.2. The van der Waals surface area contributed by atoms with E-state index in [1.807, 2.05) is 0 Å². The number of hydrogen-bond donors (Lipinski definition) is 1. The van der Waals surface area contributed by atoms with Crippen molar-refractivity contribution in [1.82, 2.24) is 0 Å². The first-order valence-corrected chi connectivity index (χ1v) is 5.01. The van der Waals surface area contributed by atoms with Gasteiger partial charge in [0, 0.05) is 6.42 Å². The van der Waals surface area contributed by atoms with E-state index in [9.17, 15) is 9.59 Å². The largest absolute Gasteiger partial charge is 0.345 e. The SMILES string of the molecule is CCC(=O)C(C)OCOC(C)C(=O)CN. The predicted octanol–water partition coefficient (Wildman–Crippen LogP) is 0.261. The molecule has 2 unspecified atom stereocenters. The van der Waals surface area contributed by atoms with Gasteiger partial charge in [-0.2, -0.15) is 0 Å². The van der Waals surface area contributed by atoms with Gasteiger partial charge in [-0.1, -0.05) is 6.92 Å². The monoisotopic (exact) mass is 217 g/mol. The molecule has 5 nitrogen and oxygen atoms in total. The van der Waals surface area contributed by atoms with Crippen LogP contribution in [0.1, 0.15) is 27.2 Å². The predicted molar refractivity (Wildman–Crippen MR) is 55.3 cm³/mol. The molecule has 0 aliphatic heterocycles. The van der Waals surface area contributed by atoms with Crippen LogP contribution in [-0.2, 0) is 19.1 Å². The zero-order valence-corrected chi connectivity index (χ0v) is 9.49. The summed E-state index contributed by atoms with van der Waals surface area (Å²) >= 11 is 0. The Bertz CT molecular complexity index is 195. The molecule has 5 heteroatoms. The van der Waals surface area contributed by atoms with Gasteiger partial charge in [0.15, 0.2) is 11.6 Å². The van der Waals surface area contributed by atoms with Crippen LogP contribution in [0, 0.1) is 0 Å². The summed E-state index contributed by atoms with van der Waals surface area (Å²) in [7, 11) is 0. The summed E-state index contributed by atoms with van der Waals surface area (Å²) in [6.45, 7) is 4.91. The molecule has 0 aromatic rings. The van der Waals surface area contributed by atoms with E-state index in [0.29, 0.717) is 6.42 Å². The summed E-state index contributed by atoms with van der Waals surface area (Å²) in [5, 5.41) is 0. The molecule has 0 bridgehead atoms. The average molecular weight is 217 g/mol. The summed E-state index contributed by atoms with van der Waals surface area (Å²) in [6, 6.07) is 0. The summed E-state index contributed by atoms with van der Waals surface area (Å²) in [5.41, 5.74) is 5.15. The lowest BCUT2D eigenvalue weighted by molar-refractivity contribution is -0.152. The third kappa shape index (κ3) is 5.61. The first-order chi connectivity index (χ1) is 7.02. The maximum absolute atomic E-state index is 11.1. The first kappa shape index (κ1) is 14.2. The fraction of sp³-hybridized carbons (Fsp3) is 0.800. The molecule has 0 saturated heterocycles. The van der Waals surface area contributed by atoms with Gasteiger partial charge >= 0.3 is 0 Å². The molecule has 0 radical (unpaired) electrons. The van der Waals surface area contributed by atoms with E-state index >= 15 is 0 Å². The Labute approximate surface area is 89.9 Å². The van der Waals surface area contributed by atoms with Gasteiger partial charge in [0.05, 0.1) is 6.54 Å². The molecule has 0 spiro atoms. The maximum Gasteiger partial charge on any atom is 0.174 e. The molecule has 0 heterocycles. The molecule has 0 aliphatic rings. The van der Waals surface area contributed by atoms with E-state index in [1.165, 1.54) is 0 Å². The highest BCUT2D eigenvalue weighted by molar-refractivity contribution is 5.84. The second kappa shape index (κ2) is 7.50. The van der Waals surface area contributed by atoms with Crippen LogP contribution in [0.3, 0.4) is 0 Å². The van der Waals surface area contributed by atoms with Gasteiger partial charge in [-0.05, 0) is 13.8 Å². The van der Waals surface area contributed by atoms with Crippen LogP contribution in [0.5, 0.6) is 0 Å². The van der Waals surface area contributed by atoms with Gasteiger partial charge in [-0.3, -0.25) is 9.59 Å². The standard InChI is InChI=1S/C10H19NO4/c1-4-9(12)7(2)14-6-15-8(3)10(13)5-11/h7-8H,4-6,11H2,1-3H3. The minimum absolute atomic E-state index is 0.0106. The van der Waals surface area contributed by atoms with E-state index in [4.69, 9.17) is 15.2 Å². The Morgan fingerprint density at radius 1 is 1.13 bits per heavy atom. The van der Waals surface area contributed by atoms with Crippen molar-refractivity contribution < 1.29 is 19.1 Å². The van der Waals surface area contributed by atoms with Gasteiger partial charge < -0.3 is 15.2 Å². The molecule has 0 rings (SSSR count). The van der Waals surface area contributed by atoms with Crippen LogP contribution in [0.15, 0.2) is 0 Å². The molecule has 0 aromatic carbocycles. The van der Waals surface area contributed by atoms with Crippen LogP contribution in [0.25, 0.3) is 0 Å². The second-order valence-corrected chi connectivity index (χ2v) is 3.23. The zero-order valence-electron chi connectivity index (χ0n) is 9.49. The van der Waals surface area contributed by atoms with Gasteiger partial charge in [0.1, 0.15) is 19.0 Å². The first-order valence-electron chi connectivity index (χ1n) is 5.01. The lowest BCUT2D eigenvalue weighted by atomic mass is 10.2. The highest BCUT2D eigenvalue weighted by Gasteiger charge is 2.14. The molecule has 0 amide bonds. The Morgan fingerprint density at radius 3 is 2.00 bits per heavy atom. The highest BCUT2D eigenvalue weighted by Crippen LogP contribution is 1.99. The van der Waals surface area contributed by atoms with E-state index in [0.717, 1.165) is 0 Å². The second-order valence-electron chi connectivity index (χ2n) is 3.23. The van der Waals surface area contributed by atoms with Gasteiger partial charge in [0.2, 0.25) is 0 Å². The lowest BCUT2D eigenvalue weighted by Crippen LogP contribution is -2.30. The van der Waals surface area contributed by atoms with Crippen molar-refractivity contribution >= 4 is 11.6 Å². The third-order valence-corrected chi connectivity index (χ3v) is 2.09. The molecule has 88 valence electrons. The maximum atomic E-state index is 11.1. The topological polar surface area (TPSA) is 78.6 Å². The molecule has 15 heavy (non-hydrogen) atoms. The zero-order chi connectivity index (χ0) is 11.8. The quantitative estimate of drug-likeness (QED) is 0.590. The molecule has 2 N–H and O–H groups in total. The number of nitrogens with two attached hydrogens (primary N) is 1. The lowest BCUT2D eigenvalue weighted by Gasteiger charge is -2.14. The normalized spacial score (nSPS) is 14.7. The summed E-state index contributed by atoms with van der Waals surface area (Å²) in [6.07, 6.45) is -0.646. The number of carbonyl (C=O) groups excluding carboxylic acids is 2. The molecule has 0 aliphatic carbocycles. The molecule has 0 fully saturated rings. The van der Waals surface area contributed by atoms with E-state index in [1.54, 1.807) is 20.8 Å². The number of rotatable bonds is 8. The number of ketones is 2. The number of carbonyl (C=O) groups is 2. The van der Waals surface area contributed by atoms with Crippen LogP contribution >= 0.6 is 0 Å². The van der Waals surface area contributed by atoms with Crippen molar-refractivity contribution in [2.24, 2.45) is 5.73 Å². The van der Waals surface area contributed by atoms with E-state index in [2.05, 4.69) is 0 Å². The molecular formula is C10H19NO4. The molecule has 0 saturated carbocycles. The fourth-order valence-corrected chi connectivity index (χ4v) is 0.883. The Hall–Kier alpha value is -0.780. The van der Waals surface area contributed by atoms with Crippen LogP contribution in [-0.4, -0.2) is 37.1 Å². The van der Waals surface area contributed by atoms with E-state index < -0.39 is 12.2 Å². The summed E-state index contributed by atoms with van der Waals surface area (Å²) in [4.78, 5) is 22.1. The smallest absolute Gasteiger partial charge is 0.174 e. The molecule has 0 aromatic heterocycles. The number of ether oxygens (including phenoxy) is 2. The average Bonchev–Trinajstić information content (AvgIpc) is 2.26. The molecular weight excluding hydrogens is 198 g/mol. The minimum atomic E-state index is -0.584. The van der Waals surface area contributed by atoms with Crippen LogP contribution in [0.4, 0.5) is 0 Å².